The fraction of sp³-hybridized carbons (Fsp3) is 0.136. The van der Waals surface area contributed by atoms with Crippen molar-refractivity contribution in [3.63, 3.8) is 0 Å². The van der Waals surface area contributed by atoms with Crippen LogP contribution in [0.3, 0.4) is 0 Å². The van der Waals surface area contributed by atoms with E-state index in [2.05, 4.69) is 20.3 Å². The van der Waals surface area contributed by atoms with Crippen molar-refractivity contribution in [3.05, 3.63) is 71.8 Å². The lowest BCUT2D eigenvalue weighted by Gasteiger charge is -2.13. The molecule has 2 heterocycles. The summed E-state index contributed by atoms with van der Waals surface area (Å²) in [6, 6.07) is 12.9. The molecule has 4 rings (SSSR count). The second-order valence-electron chi connectivity index (χ2n) is 6.48. The summed E-state index contributed by atoms with van der Waals surface area (Å²) < 4.78 is 11.3. The first-order chi connectivity index (χ1) is 14.6. The maximum absolute atomic E-state index is 6.41. The van der Waals surface area contributed by atoms with Crippen LogP contribution in [-0.2, 0) is 6.61 Å². The monoisotopic (exact) mass is 421 g/mol. The van der Waals surface area contributed by atoms with Gasteiger partial charge in [0.1, 0.15) is 30.3 Å². The van der Waals surface area contributed by atoms with Gasteiger partial charge in [0.15, 0.2) is 0 Å². The van der Waals surface area contributed by atoms with Gasteiger partial charge in [-0.1, -0.05) is 17.7 Å². The number of nitrogens with one attached hydrogen (secondary N) is 1. The van der Waals surface area contributed by atoms with Gasteiger partial charge < -0.3 is 20.5 Å². The Morgan fingerprint density at radius 1 is 1.07 bits per heavy atom. The Morgan fingerprint density at radius 2 is 1.97 bits per heavy atom. The highest BCUT2D eigenvalue weighted by Crippen LogP contribution is 2.33. The maximum atomic E-state index is 6.41. The molecule has 3 N–H and O–H groups in total. The summed E-state index contributed by atoms with van der Waals surface area (Å²) in [6.45, 7) is 2.82. The molecule has 0 spiro atoms. The minimum absolute atomic E-state index is 0.387. The van der Waals surface area contributed by atoms with E-state index in [1.54, 1.807) is 24.5 Å². The first-order valence-electron chi connectivity index (χ1n) is 9.39. The van der Waals surface area contributed by atoms with Crippen LogP contribution in [0.5, 0.6) is 11.5 Å². The van der Waals surface area contributed by atoms with Crippen molar-refractivity contribution < 1.29 is 9.47 Å². The second-order valence-corrected chi connectivity index (χ2v) is 6.89. The Kier molecular flexibility index (Phi) is 5.81. The van der Waals surface area contributed by atoms with E-state index in [-0.39, 0.29) is 0 Å². The fourth-order valence-electron chi connectivity index (χ4n) is 2.96. The van der Waals surface area contributed by atoms with Gasteiger partial charge in [-0.2, -0.15) is 0 Å². The lowest BCUT2D eigenvalue weighted by molar-refractivity contribution is 0.306. The van der Waals surface area contributed by atoms with Crippen molar-refractivity contribution in [2.24, 2.45) is 0 Å². The Bertz CT molecular complexity index is 1170. The molecule has 7 nitrogen and oxygen atoms in total. The van der Waals surface area contributed by atoms with Gasteiger partial charge in [-0.25, -0.2) is 9.97 Å². The summed E-state index contributed by atoms with van der Waals surface area (Å²) in [5.74, 6) is 1.81. The molecule has 0 amide bonds. The van der Waals surface area contributed by atoms with Crippen LogP contribution >= 0.6 is 11.6 Å². The Labute approximate surface area is 178 Å². The Balaban J connectivity index is 1.55. The summed E-state index contributed by atoms with van der Waals surface area (Å²) in [5.41, 5.74) is 9.10. The average molecular weight is 422 g/mol. The van der Waals surface area contributed by atoms with Crippen LogP contribution in [0, 0.1) is 0 Å². The first kappa shape index (κ1) is 19.7. The Morgan fingerprint density at radius 3 is 2.73 bits per heavy atom. The predicted molar refractivity (Wildman–Crippen MR) is 118 cm³/mol. The normalized spacial score (nSPS) is 10.7. The molecular weight excluding hydrogens is 402 g/mol. The van der Waals surface area contributed by atoms with Crippen molar-refractivity contribution in [3.8, 4) is 11.5 Å². The van der Waals surface area contributed by atoms with Crippen molar-refractivity contribution in [2.75, 3.05) is 17.7 Å². The predicted octanol–water partition coefficient (Wildman–Crippen LogP) is 4.98. The molecule has 0 saturated heterocycles. The number of ether oxygens (including phenoxy) is 2. The number of nitrogens with two attached hydrogens (primary N) is 1. The van der Waals surface area contributed by atoms with E-state index >= 15 is 0 Å². The standard InChI is InChI=1S/C22H20ClN5O2/c1-2-29-21-10-19-16(9-18(21)24)22(27-13-26-19)28-15-5-6-20(17(23)8-15)30-12-14-4-3-7-25-11-14/h3-11,13H,2,12,24H2,1H3,(H,26,27,28). The molecule has 0 radical (unpaired) electrons. The average Bonchev–Trinajstić information content (AvgIpc) is 2.75. The highest BCUT2D eigenvalue weighted by atomic mass is 35.5. The van der Waals surface area contributed by atoms with Gasteiger partial charge in [0, 0.05) is 35.1 Å². The van der Waals surface area contributed by atoms with Crippen LogP contribution in [0.1, 0.15) is 12.5 Å². The summed E-state index contributed by atoms with van der Waals surface area (Å²) in [4.78, 5) is 12.7. The molecule has 4 aromatic rings. The van der Waals surface area contributed by atoms with E-state index in [4.69, 9.17) is 26.8 Å². The number of hydrogen-bond donors (Lipinski definition) is 2. The fourth-order valence-corrected chi connectivity index (χ4v) is 3.19. The minimum atomic E-state index is 0.387. The lowest BCUT2D eigenvalue weighted by atomic mass is 10.2. The highest BCUT2D eigenvalue weighted by molar-refractivity contribution is 6.32. The molecule has 0 aliphatic heterocycles. The molecule has 152 valence electrons. The zero-order valence-corrected chi connectivity index (χ0v) is 17.1. The summed E-state index contributed by atoms with van der Waals surface area (Å²) in [5, 5.41) is 4.54. The van der Waals surface area contributed by atoms with E-state index in [0.717, 1.165) is 22.2 Å². The number of anilines is 3. The van der Waals surface area contributed by atoms with Crippen LogP contribution in [-0.4, -0.2) is 21.6 Å². The SMILES string of the molecule is CCOc1cc2ncnc(Nc3ccc(OCc4cccnc4)c(Cl)c3)c2cc1N. The van der Waals surface area contributed by atoms with Gasteiger partial charge in [0.2, 0.25) is 0 Å². The van der Waals surface area contributed by atoms with E-state index in [1.165, 1.54) is 6.33 Å². The van der Waals surface area contributed by atoms with Crippen molar-refractivity contribution in [1.82, 2.24) is 15.0 Å². The van der Waals surface area contributed by atoms with E-state index in [9.17, 15) is 0 Å². The Hall–Kier alpha value is -3.58. The van der Waals surface area contributed by atoms with Gasteiger partial charge in [-0.05, 0) is 37.3 Å². The topological polar surface area (TPSA) is 95.2 Å². The zero-order valence-electron chi connectivity index (χ0n) is 16.3. The second kappa shape index (κ2) is 8.84. The molecular formula is C22H20ClN5O2. The van der Waals surface area contributed by atoms with Crippen LogP contribution in [0.4, 0.5) is 17.2 Å². The van der Waals surface area contributed by atoms with Crippen molar-refractivity contribution in [1.29, 1.82) is 0 Å². The van der Waals surface area contributed by atoms with Crippen LogP contribution in [0.15, 0.2) is 61.2 Å². The van der Waals surface area contributed by atoms with Crippen LogP contribution in [0.2, 0.25) is 5.02 Å². The quantitative estimate of drug-likeness (QED) is 0.406. The van der Waals surface area contributed by atoms with Gasteiger partial charge in [0.05, 0.1) is 22.8 Å². The number of hydrogen-bond acceptors (Lipinski definition) is 7. The molecule has 0 unspecified atom stereocenters. The van der Waals surface area contributed by atoms with Gasteiger partial charge in [0.25, 0.3) is 0 Å². The van der Waals surface area contributed by atoms with Crippen molar-refractivity contribution >= 4 is 39.7 Å². The third kappa shape index (κ3) is 4.36. The molecule has 0 bridgehead atoms. The molecule has 0 aliphatic rings. The smallest absolute Gasteiger partial charge is 0.144 e. The van der Waals surface area contributed by atoms with Gasteiger partial charge in [-0.3, -0.25) is 4.98 Å². The number of aromatic nitrogens is 3. The third-order valence-corrected chi connectivity index (χ3v) is 4.67. The molecule has 8 heteroatoms. The first-order valence-corrected chi connectivity index (χ1v) is 9.77. The molecule has 30 heavy (non-hydrogen) atoms. The molecule has 0 aliphatic carbocycles. The molecule has 2 aromatic carbocycles. The van der Waals surface area contributed by atoms with E-state index < -0.39 is 0 Å². The number of nitrogen functional groups attached to an aromatic ring is 1. The number of pyridine rings is 1. The number of benzene rings is 2. The zero-order chi connectivity index (χ0) is 20.9. The summed E-state index contributed by atoms with van der Waals surface area (Å²) in [7, 11) is 0. The maximum Gasteiger partial charge on any atom is 0.144 e. The van der Waals surface area contributed by atoms with Gasteiger partial charge in [-0.15, -0.1) is 0 Å². The summed E-state index contributed by atoms with van der Waals surface area (Å²) in [6.07, 6.45) is 4.97. The lowest BCUT2D eigenvalue weighted by Crippen LogP contribution is -2.00. The molecule has 0 saturated carbocycles. The minimum Gasteiger partial charge on any atom is -0.492 e. The van der Waals surface area contributed by atoms with Crippen LogP contribution < -0.4 is 20.5 Å². The van der Waals surface area contributed by atoms with E-state index in [1.807, 2.05) is 37.3 Å². The van der Waals surface area contributed by atoms with Crippen molar-refractivity contribution in [2.45, 2.75) is 13.5 Å². The summed E-state index contributed by atoms with van der Waals surface area (Å²) >= 11 is 6.41. The molecule has 0 atom stereocenters. The molecule has 0 fully saturated rings. The van der Waals surface area contributed by atoms with E-state index in [0.29, 0.717) is 41.2 Å². The van der Waals surface area contributed by atoms with Crippen LogP contribution in [0.25, 0.3) is 10.9 Å². The van der Waals surface area contributed by atoms with Gasteiger partial charge >= 0.3 is 0 Å². The third-order valence-electron chi connectivity index (χ3n) is 4.38. The number of halogens is 1. The molecule has 2 aromatic heterocycles. The number of nitrogens with zero attached hydrogens (tertiary/aromatic N) is 3. The number of rotatable bonds is 7. The highest BCUT2D eigenvalue weighted by Gasteiger charge is 2.10. The number of fused-ring (bicyclic) bond motifs is 1. The largest absolute Gasteiger partial charge is 0.492 e.